The monoisotopic (exact) mass is 482 g/mol. The first-order valence-corrected chi connectivity index (χ1v) is 7.82. The number of carbonyl (C=O) groups is 2. The van der Waals surface area contributed by atoms with E-state index in [1.54, 1.807) is 0 Å². The second-order valence-corrected chi connectivity index (χ2v) is 6.33. The molecule has 30 heavy (non-hydrogen) atoms. The van der Waals surface area contributed by atoms with Crippen molar-refractivity contribution < 1.29 is 67.0 Å². The van der Waals surface area contributed by atoms with Crippen LogP contribution in [0.3, 0.4) is 0 Å². The van der Waals surface area contributed by atoms with Crippen molar-refractivity contribution in [1.29, 1.82) is 0 Å². The summed E-state index contributed by atoms with van der Waals surface area (Å²) in [4.78, 5) is 21.9. The van der Waals surface area contributed by atoms with E-state index in [4.69, 9.17) is 0 Å². The van der Waals surface area contributed by atoms with Crippen LogP contribution in [0.2, 0.25) is 0 Å². The van der Waals surface area contributed by atoms with Gasteiger partial charge in [-0.2, -0.15) is 52.7 Å². The molecule has 1 aromatic carbocycles. The predicted octanol–water partition coefficient (Wildman–Crippen LogP) is 5.49. The zero-order valence-electron chi connectivity index (χ0n) is 13.7. The molecular formula is C14H6F12O3S. The molecule has 0 radical (unpaired) electrons. The van der Waals surface area contributed by atoms with Crippen LogP contribution in [0.25, 0.3) is 0 Å². The molecule has 0 aromatic heterocycles. The lowest BCUT2D eigenvalue weighted by molar-refractivity contribution is -0.359. The predicted molar refractivity (Wildman–Crippen MR) is 74.5 cm³/mol. The van der Waals surface area contributed by atoms with Gasteiger partial charge in [-0.3, -0.25) is 4.79 Å². The highest BCUT2D eigenvalue weighted by molar-refractivity contribution is 8.14. The Morgan fingerprint density at radius 1 is 0.800 bits per heavy atom. The minimum atomic E-state index is -6.72. The van der Waals surface area contributed by atoms with Crippen molar-refractivity contribution in [2.45, 2.75) is 35.0 Å². The number of rotatable bonds is 6. The fourth-order valence-corrected chi connectivity index (χ4v) is 2.39. The zero-order valence-corrected chi connectivity index (χ0v) is 14.5. The molecular weight excluding hydrogens is 476 g/mol. The van der Waals surface area contributed by atoms with Gasteiger partial charge in [0.1, 0.15) is 0 Å². The summed E-state index contributed by atoms with van der Waals surface area (Å²) >= 11 is -0.850. The molecule has 0 spiro atoms. The topological polar surface area (TPSA) is 43.4 Å². The maximum absolute atomic E-state index is 13.1. The van der Waals surface area contributed by atoms with Crippen LogP contribution in [0.1, 0.15) is 10.4 Å². The SMILES string of the molecule is O=C(OCC(F)(F)C(F)(F)C(F)(F)F)c1ccccc1SC(=O)C(F)(F)C(F)(F)F. The van der Waals surface area contributed by atoms with Gasteiger partial charge in [0.05, 0.1) is 5.56 Å². The average molecular weight is 482 g/mol. The number of thioether (sulfide) groups is 1. The third kappa shape index (κ3) is 5.13. The number of ether oxygens (including phenoxy) is 1. The molecule has 0 fully saturated rings. The molecule has 0 atom stereocenters. The number of alkyl halides is 12. The Bertz CT molecular complexity index is 800. The largest absolute Gasteiger partial charge is 0.462 e. The summed E-state index contributed by atoms with van der Waals surface area (Å²) < 4.78 is 154. The van der Waals surface area contributed by atoms with Gasteiger partial charge in [-0.25, -0.2) is 4.79 Å². The number of hydrogen-bond acceptors (Lipinski definition) is 4. The van der Waals surface area contributed by atoms with E-state index < -0.39 is 70.0 Å². The molecule has 16 heteroatoms. The van der Waals surface area contributed by atoms with Crippen molar-refractivity contribution in [3.8, 4) is 0 Å². The molecule has 0 saturated heterocycles. The normalized spacial score (nSPS) is 13.9. The molecule has 0 aliphatic heterocycles. The van der Waals surface area contributed by atoms with Crippen molar-refractivity contribution in [2.24, 2.45) is 0 Å². The van der Waals surface area contributed by atoms with Gasteiger partial charge in [0.2, 0.25) is 0 Å². The molecule has 0 bridgehead atoms. The van der Waals surface area contributed by atoms with E-state index >= 15 is 0 Å². The smallest absolute Gasteiger partial charge is 0.455 e. The number of halogens is 12. The van der Waals surface area contributed by atoms with Crippen LogP contribution in [0, 0.1) is 0 Å². The highest BCUT2D eigenvalue weighted by Gasteiger charge is 2.73. The Morgan fingerprint density at radius 3 is 1.77 bits per heavy atom. The van der Waals surface area contributed by atoms with E-state index in [1.807, 2.05) is 0 Å². The molecule has 0 aliphatic rings. The van der Waals surface area contributed by atoms with Gasteiger partial charge in [0.15, 0.2) is 6.61 Å². The summed E-state index contributed by atoms with van der Waals surface area (Å²) in [6.45, 7) is -2.82. The van der Waals surface area contributed by atoms with Crippen molar-refractivity contribution in [1.82, 2.24) is 0 Å². The molecule has 1 rings (SSSR count). The van der Waals surface area contributed by atoms with Gasteiger partial charge in [0.25, 0.3) is 5.12 Å². The minimum absolute atomic E-state index is 0.559. The lowest BCUT2D eigenvalue weighted by Gasteiger charge is -2.27. The summed E-state index contributed by atoms with van der Waals surface area (Å²) in [5.74, 6) is -20.5. The second kappa shape index (κ2) is 8.19. The van der Waals surface area contributed by atoms with E-state index in [-0.39, 0.29) is 0 Å². The van der Waals surface area contributed by atoms with Crippen LogP contribution in [-0.2, 0) is 9.53 Å². The zero-order chi connectivity index (χ0) is 23.8. The van der Waals surface area contributed by atoms with Crippen molar-refractivity contribution in [3.05, 3.63) is 29.8 Å². The number of benzene rings is 1. The van der Waals surface area contributed by atoms with E-state index in [2.05, 4.69) is 4.74 Å². The highest BCUT2D eigenvalue weighted by atomic mass is 32.2. The third-order valence-corrected chi connectivity index (χ3v) is 4.14. The Morgan fingerprint density at radius 2 is 1.30 bits per heavy atom. The van der Waals surface area contributed by atoms with Gasteiger partial charge in [-0.15, -0.1) is 0 Å². The van der Waals surface area contributed by atoms with Crippen molar-refractivity contribution >= 4 is 22.8 Å². The van der Waals surface area contributed by atoms with Crippen LogP contribution in [-0.4, -0.2) is 47.8 Å². The molecule has 0 N–H and O–H groups in total. The van der Waals surface area contributed by atoms with E-state index in [0.29, 0.717) is 12.1 Å². The van der Waals surface area contributed by atoms with E-state index in [9.17, 15) is 62.3 Å². The van der Waals surface area contributed by atoms with Crippen LogP contribution in [0.15, 0.2) is 29.2 Å². The number of esters is 1. The number of carbonyl (C=O) groups excluding carboxylic acids is 2. The average Bonchev–Trinajstić information content (AvgIpc) is 2.58. The van der Waals surface area contributed by atoms with Gasteiger partial charge >= 0.3 is 36.1 Å². The van der Waals surface area contributed by atoms with Gasteiger partial charge in [-0.05, 0) is 23.9 Å². The summed E-state index contributed by atoms with van der Waals surface area (Å²) in [6, 6.07) is 2.96. The molecule has 1 aromatic rings. The number of hydrogen-bond donors (Lipinski definition) is 0. The summed E-state index contributed by atoms with van der Waals surface area (Å²) in [5, 5.41) is -2.83. The van der Waals surface area contributed by atoms with Crippen molar-refractivity contribution in [2.75, 3.05) is 6.61 Å². The minimum Gasteiger partial charge on any atom is -0.455 e. The summed E-state index contributed by atoms with van der Waals surface area (Å²) in [6.07, 6.45) is -13.0. The Kier molecular flexibility index (Phi) is 7.07. The summed E-state index contributed by atoms with van der Waals surface area (Å²) in [7, 11) is 0. The van der Waals surface area contributed by atoms with Crippen LogP contribution < -0.4 is 0 Å². The van der Waals surface area contributed by atoms with Crippen LogP contribution in [0.4, 0.5) is 52.7 Å². The molecule has 0 amide bonds. The summed E-state index contributed by atoms with van der Waals surface area (Å²) in [5.41, 5.74) is -1.11. The van der Waals surface area contributed by atoms with Gasteiger partial charge in [0, 0.05) is 4.90 Å². The van der Waals surface area contributed by atoms with Crippen LogP contribution >= 0.6 is 11.8 Å². The third-order valence-electron chi connectivity index (χ3n) is 3.12. The first-order valence-electron chi connectivity index (χ1n) is 7.01. The Labute approximate surface area is 162 Å². The lowest BCUT2D eigenvalue weighted by Crippen LogP contribution is -2.54. The van der Waals surface area contributed by atoms with Gasteiger partial charge in [-0.1, -0.05) is 12.1 Å². The van der Waals surface area contributed by atoms with Crippen molar-refractivity contribution in [3.63, 3.8) is 0 Å². The molecule has 3 nitrogen and oxygen atoms in total. The van der Waals surface area contributed by atoms with Gasteiger partial charge < -0.3 is 4.74 Å². The molecule has 0 aliphatic carbocycles. The first kappa shape index (κ1) is 25.9. The standard InChI is InChI=1S/C14H6F12O3S/c15-10(16,12(19,20)14(24,25)26)5-29-8(27)6-3-1-2-4-7(6)30-9(28)11(17,18)13(21,22)23/h1-4H,5H2. The quantitative estimate of drug-likeness (QED) is 0.306. The molecule has 0 saturated carbocycles. The molecule has 0 unspecified atom stereocenters. The van der Waals surface area contributed by atoms with E-state index in [1.165, 1.54) is 0 Å². The van der Waals surface area contributed by atoms with E-state index in [0.717, 1.165) is 12.1 Å². The fourth-order valence-electron chi connectivity index (χ4n) is 1.54. The maximum Gasteiger partial charge on any atom is 0.462 e. The highest BCUT2D eigenvalue weighted by Crippen LogP contribution is 2.46. The molecule has 0 heterocycles. The second-order valence-electron chi connectivity index (χ2n) is 5.31. The van der Waals surface area contributed by atoms with Crippen LogP contribution in [0.5, 0.6) is 0 Å². The maximum atomic E-state index is 13.1. The lowest BCUT2D eigenvalue weighted by atomic mass is 10.1. The Hall–Kier alpha value is -2.13. The fraction of sp³-hybridized carbons (Fsp3) is 0.429. The molecule has 170 valence electrons. The first-order chi connectivity index (χ1) is 13.3. The Balaban J connectivity index is 3.05.